The number of carbonyl (C=O) groups is 2. The van der Waals surface area contributed by atoms with Gasteiger partial charge in [-0.15, -0.1) is 9.50 Å². The number of aromatic nitrogens is 2. The fourth-order valence-electron chi connectivity index (χ4n) is 1.84. The fraction of sp³-hybridized carbons (Fsp3) is 0.231. The third kappa shape index (κ3) is 6.16. The lowest BCUT2D eigenvalue weighted by molar-refractivity contribution is -0.123. The number of nitrogens with two attached hydrogens (primary N) is 2. The second-order valence-electron chi connectivity index (χ2n) is 5.44. The maximum absolute atomic E-state index is 12.4. The van der Waals surface area contributed by atoms with Crippen molar-refractivity contribution in [1.82, 2.24) is 15.1 Å². The molecule has 0 radical (unpaired) electrons. The van der Waals surface area contributed by atoms with Gasteiger partial charge in [-0.3, -0.25) is 9.59 Å². The zero-order valence-corrected chi connectivity index (χ0v) is 17.3. The molecule has 0 saturated heterocycles. The van der Waals surface area contributed by atoms with Gasteiger partial charge in [0.1, 0.15) is 0 Å². The SMILES string of the molecule is Cn1nc(S(N)(=O)=O)s/c1=N/S(=O)(=O)c1ccc(NC(=O)CNC(=O)CN)cc1. The van der Waals surface area contributed by atoms with Crippen LogP contribution in [0.4, 0.5) is 5.69 Å². The van der Waals surface area contributed by atoms with Crippen LogP contribution in [0.2, 0.25) is 0 Å². The number of sulfonamides is 2. The molecule has 0 bridgehead atoms. The number of hydrogen-bond acceptors (Lipinski definition) is 9. The highest BCUT2D eigenvalue weighted by Crippen LogP contribution is 2.16. The summed E-state index contributed by atoms with van der Waals surface area (Å²) in [6.07, 6.45) is 0. The highest BCUT2D eigenvalue weighted by molar-refractivity contribution is 7.91. The van der Waals surface area contributed by atoms with Gasteiger partial charge in [-0.05, 0) is 24.3 Å². The minimum atomic E-state index is -4.18. The van der Waals surface area contributed by atoms with Crippen molar-refractivity contribution in [1.29, 1.82) is 0 Å². The van der Waals surface area contributed by atoms with Gasteiger partial charge in [0.15, 0.2) is 0 Å². The molecule has 0 fully saturated rings. The zero-order chi connectivity index (χ0) is 21.8. The average molecular weight is 464 g/mol. The van der Waals surface area contributed by atoms with Crippen molar-refractivity contribution < 1.29 is 26.4 Å². The lowest BCUT2D eigenvalue weighted by atomic mass is 10.3. The Bertz CT molecular complexity index is 1200. The van der Waals surface area contributed by atoms with Gasteiger partial charge in [-0.2, -0.15) is 8.42 Å². The van der Waals surface area contributed by atoms with Gasteiger partial charge in [0, 0.05) is 12.7 Å². The summed E-state index contributed by atoms with van der Waals surface area (Å²) in [6.45, 7) is -0.542. The molecule has 2 amide bonds. The van der Waals surface area contributed by atoms with E-state index in [0.29, 0.717) is 11.3 Å². The molecule has 0 saturated carbocycles. The number of anilines is 1. The van der Waals surface area contributed by atoms with Crippen LogP contribution in [-0.4, -0.2) is 51.5 Å². The molecule has 0 spiro atoms. The quantitative estimate of drug-likeness (QED) is 0.342. The number of nitrogens with zero attached hydrogens (tertiary/aromatic N) is 3. The van der Waals surface area contributed by atoms with E-state index < -0.39 is 36.2 Å². The first-order valence-corrected chi connectivity index (χ1v) is 11.5. The van der Waals surface area contributed by atoms with E-state index in [-0.39, 0.29) is 28.5 Å². The van der Waals surface area contributed by atoms with Crippen LogP contribution in [0.1, 0.15) is 0 Å². The monoisotopic (exact) mass is 463 g/mol. The Morgan fingerprint density at radius 3 is 2.31 bits per heavy atom. The molecule has 0 aliphatic carbocycles. The molecule has 2 aromatic rings. The lowest BCUT2D eigenvalue weighted by Gasteiger charge is -2.06. The van der Waals surface area contributed by atoms with Crippen LogP contribution in [0.3, 0.4) is 0 Å². The van der Waals surface area contributed by atoms with Crippen molar-refractivity contribution in [2.75, 3.05) is 18.4 Å². The van der Waals surface area contributed by atoms with Gasteiger partial charge < -0.3 is 16.4 Å². The second kappa shape index (κ2) is 8.78. The van der Waals surface area contributed by atoms with Crippen LogP contribution >= 0.6 is 11.3 Å². The van der Waals surface area contributed by atoms with E-state index in [1.807, 2.05) is 0 Å². The van der Waals surface area contributed by atoms with Crippen LogP contribution in [0.15, 0.2) is 37.9 Å². The van der Waals surface area contributed by atoms with Gasteiger partial charge in [-0.1, -0.05) is 11.3 Å². The highest BCUT2D eigenvalue weighted by Gasteiger charge is 2.18. The average Bonchev–Trinajstić information content (AvgIpc) is 3.00. The summed E-state index contributed by atoms with van der Waals surface area (Å²) in [5, 5.41) is 13.3. The van der Waals surface area contributed by atoms with E-state index in [4.69, 9.17) is 10.9 Å². The summed E-state index contributed by atoms with van der Waals surface area (Å²) in [6, 6.07) is 5.06. The van der Waals surface area contributed by atoms with Crippen LogP contribution in [0.25, 0.3) is 0 Å². The predicted octanol–water partition coefficient (Wildman–Crippen LogP) is -2.57. The number of nitrogens with one attached hydrogen (secondary N) is 2. The molecule has 13 nitrogen and oxygen atoms in total. The summed E-state index contributed by atoms with van der Waals surface area (Å²) >= 11 is 0.502. The molecule has 29 heavy (non-hydrogen) atoms. The topological polar surface area (TPSA) is 209 Å². The smallest absolute Gasteiger partial charge is 0.285 e. The normalized spacial score (nSPS) is 12.6. The summed E-state index contributed by atoms with van der Waals surface area (Å²) in [4.78, 5) is 22.3. The van der Waals surface area contributed by atoms with Crippen molar-refractivity contribution in [2.24, 2.45) is 22.3 Å². The Morgan fingerprint density at radius 1 is 1.17 bits per heavy atom. The van der Waals surface area contributed by atoms with Crippen molar-refractivity contribution in [3.8, 4) is 0 Å². The Hall–Kier alpha value is -2.66. The Labute approximate surface area is 169 Å². The molecular weight excluding hydrogens is 446 g/mol. The fourth-order valence-corrected chi connectivity index (χ4v) is 4.61. The first-order valence-electron chi connectivity index (χ1n) is 7.67. The van der Waals surface area contributed by atoms with Gasteiger partial charge in [-0.25, -0.2) is 18.2 Å². The first-order chi connectivity index (χ1) is 13.4. The number of amides is 2. The van der Waals surface area contributed by atoms with Crippen LogP contribution in [-0.2, 0) is 36.7 Å². The number of benzene rings is 1. The van der Waals surface area contributed by atoms with Crippen molar-refractivity contribution in [3.05, 3.63) is 29.1 Å². The predicted molar refractivity (Wildman–Crippen MR) is 102 cm³/mol. The number of hydrogen-bond donors (Lipinski definition) is 4. The molecule has 0 aliphatic rings. The molecule has 158 valence electrons. The first kappa shape index (κ1) is 22.6. The third-order valence-electron chi connectivity index (χ3n) is 3.20. The third-order valence-corrected chi connectivity index (χ3v) is 6.90. The summed E-state index contributed by atoms with van der Waals surface area (Å²) in [5.41, 5.74) is 5.39. The van der Waals surface area contributed by atoms with E-state index in [9.17, 15) is 26.4 Å². The Kier molecular flexibility index (Phi) is 6.85. The molecular formula is C13H17N7O6S3. The molecule has 1 aromatic heterocycles. The van der Waals surface area contributed by atoms with Crippen molar-refractivity contribution in [3.63, 3.8) is 0 Å². The van der Waals surface area contributed by atoms with Gasteiger partial charge in [0.2, 0.25) is 21.0 Å². The molecule has 16 heteroatoms. The number of aryl methyl sites for hydroxylation is 1. The van der Waals surface area contributed by atoms with E-state index >= 15 is 0 Å². The molecule has 0 aliphatic heterocycles. The van der Waals surface area contributed by atoms with E-state index in [0.717, 1.165) is 4.68 Å². The minimum absolute atomic E-state index is 0.193. The lowest BCUT2D eigenvalue weighted by Crippen LogP contribution is -2.36. The second-order valence-corrected chi connectivity index (χ2v) is 9.73. The van der Waals surface area contributed by atoms with Gasteiger partial charge >= 0.3 is 0 Å². The van der Waals surface area contributed by atoms with Gasteiger partial charge in [0.25, 0.3) is 20.0 Å². The number of rotatable bonds is 7. The Balaban J connectivity index is 2.20. The maximum Gasteiger partial charge on any atom is 0.285 e. The molecule has 6 N–H and O–H groups in total. The maximum atomic E-state index is 12.4. The summed E-state index contributed by atoms with van der Waals surface area (Å²) in [7, 11) is -6.96. The van der Waals surface area contributed by atoms with E-state index in [1.165, 1.54) is 31.3 Å². The zero-order valence-electron chi connectivity index (χ0n) is 14.9. The highest BCUT2D eigenvalue weighted by atomic mass is 32.2. The molecule has 1 heterocycles. The molecule has 1 aromatic carbocycles. The van der Waals surface area contributed by atoms with Crippen molar-refractivity contribution in [2.45, 2.75) is 9.24 Å². The van der Waals surface area contributed by atoms with Crippen LogP contribution < -0.4 is 26.3 Å². The van der Waals surface area contributed by atoms with Crippen molar-refractivity contribution >= 4 is 48.9 Å². The van der Waals surface area contributed by atoms with E-state index in [1.54, 1.807) is 0 Å². The molecule has 2 rings (SSSR count). The van der Waals surface area contributed by atoms with E-state index in [2.05, 4.69) is 20.1 Å². The molecule has 0 unspecified atom stereocenters. The molecule has 0 atom stereocenters. The summed E-state index contributed by atoms with van der Waals surface area (Å²) in [5.74, 6) is -1.02. The van der Waals surface area contributed by atoms with Crippen LogP contribution in [0.5, 0.6) is 0 Å². The summed E-state index contributed by atoms with van der Waals surface area (Å²) < 4.78 is 51.6. The minimum Gasteiger partial charge on any atom is -0.346 e. The number of carbonyl (C=O) groups excluding carboxylic acids is 2. The standard InChI is InChI=1S/C13H17N7O6S3/c1-20-12(27-13(18-20)28(15,23)24)19-29(25,26)9-4-2-8(3-5-9)17-11(22)7-16-10(21)6-14/h2-5H,6-7,14H2,1H3,(H,16,21)(H,17,22)(H2,15,23,24)/b19-12+. The Morgan fingerprint density at radius 2 is 1.79 bits per heavy atom. The van der Waals surface area contributed by atoms with Gasteiger partial charge in [0.05, 0.1) is 18.0 Å². The van der Waals surface area contributed by atoms with Crippen LogP contribution in [0, 0.1) is 0 Å². The number of primary sulfonamides is 1. The largest absolute Gasteiger partial charge is 0.346 e.